The molecule has 10 nitrogen and oxygen atoms in total. The molecular weight excluding hydrogens is 797 g/mol. The summed E-state index contributed by atoms with van der Waals surface area (Å²) in [5.41, 5.74) is 3.88. The van der Waals surface area contributed by atoms with Crippen molar-refractivity contribution in [2.75, 3.05) is 79.1 Å². The van der Waals surface area contributed by atoms with Crippen molar-refractivity contribution in [2.45, 2.75) is 12.8 Å². The molecular formula is C48H54N2O8S2+2. The summed E-state index contributed by atoms with van der Waals surface area (Å²) in [5, 5.41) is 8.70. The topological polar surface area (TPSA) is 127 Å². The summed E-state index contributed by atoms with van der Waals surface area (Å²) in [7, 11) is -0.0421. The highest BCUT2D eigenvalue weighted by Crippen LogP contribution is 2.48. The van der Waals surface area contributed by atoms with E-state index in [1.165, 1.54) is 0 Å². The molecule has 0 saturated heterocycles. The second-order valence-electron chi connectivity index (χ2n) is 17.0. The van der Waals surface area contributed by atoms with Crippen LogP contribution < -0.4 is 9.47 Å². The van der Waals surface area contributed by atoms with E-state index >= 15 is 0 Å². The van der Waals surface area contributed by atoms with E-state index in [2.05, 4.69) is 91.0 Å². The zero-order valence-electron chi connectivity index (χ0n) is 34.7. The van der Waals surface area contributed by atoms with Gasteiger partial charge in [0.15, 0.2) is 0 Å². The minimum Gasteiger partial charge on any atom is -0.487 e. The van der Waals surface area contributed by atoms with Crippen LogP contribution in [-0.2, 0) is 20.2 Å². The van der Waals surface area contributed by atoms with Crippen LogP contribution in [0.4, 0.5) is 0 Å². The van der Waals surface area contributed by atoms with E-state index in [0.29, 0.717) is 72.7 Å². The van der Waals surface area contributed by atoms with Gasteiger partial charge in [0.25, 0.3) is 20.2 Å². The minimum absolute atomic E-state index is 0.297. The molecule has 0 spiro atoms. The molecule has 2 N–H and O–H groups in total. The Kier molecular flexibility index (Phi) is 12.5. The number of hydrogen-bond donors (Lipinski definition) is 2. The lowest BCUT2D eigenvalue weighted by molar-refractivity contribution is -0.890. The molecule has 0 atom stereocenters. The van der Waals surface area contributed by atoms with Crippen molar-refractivity contribution in [3.8, 4) is 33.8 Å². The number of hydrogen-bond acceptors (Lipinski definition) is 6. The molecule has 7 aromatic rings. The first-order chi connectivity index (χ1) is 28.5. The molecule has 0 aromatic heterocycles. The predicted octanol–water partition coefficient (Wildman–Crippen LogP) is 9.10. The third-order valence-corrected chi connectivity index (χ3v) is 13.0. The van der Waals surface area contributed by atoms with Crippen LogP contribution in [0.1, 0.15) is 12.8 Å². The van der Waals surface area contributed by atoms with Gasteiger partial charge in [-0.25, -0.2) is 0 Å². The average molecular weight is 851 g/mol. The van der Waals surface area contributed by atoms with Crippen LogP contribution in [0.25, 0.3) is 65.3 Å². The van der Waals surface area contributed by atoms with Crippen molar-refractivity contribution in [1.82, 2.24) is 0 Å². The van der Waals surface area contributed by atoms with Gasteiger partial charge in [-0.3, -0.25) is 9.11 Å². The molecule has 0 aliphatic carbocycles. The SMILES string of the molecule is C[N+](C)(CCCS(=O)(=O)O)CCOc1cc(OCC[N+](C)(C)CCCS(=O)(=O)O)c(-c2c3ccccc3cc3ccccc23)cc1-c1c2ccccc2cc2ccccc12. The molecule has 0 heterocycles. The van der Waals surface area contributed by atoms with Gasteiger partial charge in [0, 0.05) is 41.2 Å². The highest BCUT2D eigenvalue weighted by Gasteiger charge is 2.25. The number of nitrogens with zero attached hydrogens (tertiary/aromatic N) is 2. The van der Waals surface area contributed by atoms with Crippen LogP contribution in [0, 0.1) is 0 Å². The number of rotatable bonds is 18. The van der Waals surface area contributed by atoms with Gasteiger partial charge in [0.05, 0.1) is 52.8 Å². The van der Waals surface area contributed by atoms with E-state index < -0.39 is 20.2 Å². The molecule has 12 heteroatoms. The first-order valence-electron chi connectivity index (χ1n) is 20.3. The fourth-order valence-electron chi connectivity index (χ4n) is 8.18. The summed E-state index contributed by atoms with van der Waals surface area (Å²) in [6.45, 7) is 2.85. The maximum Gasteiger partial charge on any atom is 0.265 e. The largest absolute Gasteiger partial charge is 0.487 e. The van der Waals surface area contributed by atoms with E-state index in [-0.39, 0.29) is 11.5 Å². The number of quaternary nitrogens is 2. The Morgan fingerprint density at radius 2 is 0.767 bits per heavy atom. The van der Waals surface area contributed by atoms with Gasteiger partial charge in [0.2, 0.25) is 0 Å². The highest BCUT2D eigenvalue weighted by molar-refractivity contribution is 7.86. The molecule has 0 amide bonds. The number of likely N-dealkylation sites (N-methyl/N-ethyl adjacent to an activating group) is 2. The summed E-state index contributed by atoms with van der Waals surface area (Å²) < 4.78 is 79.3. The van der Waals surface area contributed by atoms with Crippen molar-refractivity contribution in [3.63, 3.8) is 0 Å². The lowest BCUT2D eigenvalue weighted by Gasteiger charge is -2.30. The molecule has 7 aromatic carbocycles. The molecule has 0 aliphatic rings. The van der Waals surface area contributed by atoms with Gasteiger partial charge in [-0.05, 0) is 61.3 Å². The van der Waals surface area contributed by atoms with Crippen LogP contribution in [0.15, 0.2) is 121 Å². The molecule has 0 unspecified atom stereocenters. The summed E-state index contributed by atoms with van der Waals surface area (Å²) in [4.78, 5) is 0. The van der Waals surface area contributed by atoms with Gasteiger partial charge in [-0.2, -0.15) is 16.8 Å². The number of benzene rings is 7. The van der Waals surface area contributed by atoms with E-state index in [1.807, 2.05) is 58.5 Å². The van der Waals surface area contributed by atoms with E-state index in [0.717, 1.165) is 65.3 Å². The third kappa shape index (κ3) is 10.4. The maximum atomic E-state index is 11.5. The monoisotopic (exact) mass is 850 g/mol. The second-order valence-corrected chi connectivity index (χ2v) is 20.1. The van der Waals surface area contributed by atoms with Crippen LogP contribution >= 0.6 is 0 Å². The van der Waals surface area contributed by atoms with Crippen molar-refractivity contribution in [2.24, 2.45) is 0 Å². The van der Waals surface area contributed by atoms with Crippen molar-refractivity contribution in [3.05, 3.63) is 121 Å². The minimum atomic E-state index is -4.06. The molecule has 7 rings (SSSR count). The number of ether oxygens (including phenoxy) is 2. The Bertz CT molecular complexity index is 2610. The maximum absolute atomic E-state index is 11.5. The third-order valence-electron chi connectivity index (χ3n) is 11.4. The lowest BCUT2D eigenvalue weighted by Crippen LogP contribution is -2.44. The Hall–Kier alpha value is -5.08. The van der Waals surface area contributed by atoms with Crippen molar-refractivity contribution in [1.29, 1.82) is 0 Å². The van der Waals surface area contributed by atoms with E-state index in [1.54, 1.807) is 0 Å². The Morgan fingerprint density at radius 1 is 0.450 bits per heavy atom. The fourth-order valence-corrected chi connectivity index (χ4v) is 9.17. The molecule has 0 bridgehead atoms. The lowest BCUT2D eigenvalue weighted by atomic mass is 9.87. The summed E-state index contributed by atoms with van der Waals surface area (Å²) in [6, 6.07) is 42.2. The van der Waals surface area contributed by atoms with Crippen LogP contribution in [-0.4, -0.2) is 114 Å². The Labute approximate surface area is 353 Å². The zero-order chi connectivity index (χ0) is 42.7. The van der Waals surface area contributed by atoms with Crippen molar-refractivity contribution >= 4 is 63.3 Å². The van der Waals surface area contributed by atoms with E-state index in [9.17, 15) is 25.9 Å². The molecule has 0 fully saturated rings. The summed E-state index contributed by atoms with van der Waals surface area (Å²) >= 11 is 0. The van der Waals surface area contributed by atoms with Gasteiger partial charge in [-0.1, -0.05) is 97.1 Å². The highest BCUT2D eigenvalue weighted by atomic mass is 32.2. The molecule has 0 aliphatic heterocycles. The number of fused-ring (bicyclic) bond motifs is 4. The quantitative estimate of drug-likeness (QED) is 0.0498. The average Bonchev–Trinajstić information content (AvgIpc) is 3.18. The van der Waals surface area contributed by atoms with Crippen molar-refractivity contribution < 1.29 is 44.4 Å². The smallest absolute Gasteiger partial charge is 0.265 e. The van der Waals surface area contributed by atoms with Gasteiger partial charge >= 0.3 is 0 Å². The fraction of sp³-hybridized carbons (Fsp3) is 0.292. The first kappa shape index (κ1) is 43.0. The molecule has 0 radical (unpaired) electrons. The van der Waals surface area contributed by atoms with Gasteiger partial charge in [0.1, 0.15) is 37.8 Å². The first-order valence-corrected chi connectivity index (χ1v) is 23.5. The zero-order valence-corrected chi connectivity index (χ0v) is 36.3. The molecule has 314 valence electrons. The Morgan fingerprint density at radius 3 is 1.08 bits per heavy atom. The van der Waals surface area contributed by atoms with Gasteiger partial charge < -0.3 is 18.4 Å². The standard InChI is InChI=1S/C48H52N2O8S2/c1-49(2,23-13-29-59(51,52)53)25-27-57-45-34-46(58-28-26-50(3,4)24-14-30-60(54,55)56)44(48-41-21-11-7-17-37(41)32-38-18-8-12-22-42(38)48)33-43(45)47-39-19-9-5-15-35(39)31-36-16-6-10-20-40(36)47/h5-12,15-22,31-34H,13-14,23-30H2,1-4H3/p+2. The summed E-state index contributed by atoms with van der Waals surface area (Å²) in [5.74, 6) is 0.684. The summed E-state index contributed by atoms with van der Waals surface area (Å²) in [6.07, 6.45) is 0.630. The normalized spacial score (nSPS) is 12.8. The van der Waals surface area contributed by atoms with Gasteiger partial charge in [-0.15, -0.1) is 0 Å². The Balaban J connectivity index is 1.41. The predicted molar refractivity (Wildman–Crippen MR) is 244 cm³/mol. The second kappa shape index (κ2) is 17.5. The van der Waals surface area contributed by atoms with E-state index in [4.69, 9.17) is 9.47 Å². The van der Waals surface area contributed by atoms with Crippen LogP contribution in [0.5, 0.6) is 11.5 Å². The van der Waals surface area contributed by atoms with Crippen LogP contribution in [0.3, 0.4) is 0 Å². The van der Waals surface area contributed by atoms with Crippen LogP contribution in [0.2, 0.25) is 0 Å². The molecule has 60 heavy (non-hydrogen) atoms. The molecule has 0 saturated carbocycles.